The third-order valence-corrected chi connectivity index (χ3v) is 1.89. The zero-order valence-electron chi connectivity index (χ0n) is 6.21. The van der Waals surface area contributed by atoms with Crippen molar-refractivity contribution in [3.05, 3.63) is 24.0 Å². The molecular formula is C8H7ClN2O. The number of phenols is 1. The van der Waals surface area contributed by atoms with Crippen LogP contribution in [-0.4, -0.2) is 15.1 Å². The monoisotopic (exact) mass is 182 g/mol. The molecule has 0 aliphatic carbocycles. The fourth-order valence-corrected chi connectivity index (χ4v) is 1.24. The molecule has 12 heavy (non-hydrogen) atoms. The van der Waals surface area contributed by atoms with Crippen LogP contribution in [0.4, 0.5) is 0 Å². The Hall–Kier alpha value is -1.22. The van der Waals surface area contributed by atoms with Crippen LogP contribution in [0.5, 0.6) is 5.75 Å². The lowest BCUT2D eigenvalue weighted by molar-refractivity contribution is 0.476. The molecule has 4 heteroatoms. The summed E-state index contributed by atoms with van der Waals surface area (Å²) in [6, 6.07) is 4.97. The van der Waals surface area contributed by atoms with Crippen LogP contribution < -0.4 is 0 Å². The summed E-state index contributed by atoms with van der Waals surface area (Å²) in [5.74, 6) is 1.31. The van der Waals surface area contributed by atoms with Gasteiger partial charge in [-0.25, -0.2) is 4.98 Å². The smallest absolute Gasteiger partial charge is 0.122 e. The average molecular weight is 183 g/mol. The van der Waals surface area contributed by atoms with Crippen molar-refractivity contribution in [2.24, 2.45) is 0 Å². The van der Waals surface area contributed by atoms with Crippen LogP contribution >= 0.6 is 11.6 Å². The molecule has 0 amide bonds. The van der Waals surface area contributed by atoms with Crippen molar-refractivity contribution >= 4 is 22.6 Å². The van der Waals surface area contributed by atoms with Gasteiger partial charge in [-0.1, -0.05) is 0 Å². The molecular weight excluding hydrogens is 176 g/mol. The van der Waals surface area contributed by atoms with E-state index >= 15 is 0 Å². The van der Waals surface area contributed by atoms with E-state index in [1.165, 1.54) is 0 Å². The van der Waals surface area contributed by atoms with E-state index in [0.717, 1.165) is 16.9 Å². The van der Waals surface area contributed by atoms with Gasteiger partial charge in [0.15, 0.2) is 0 Å². The zero-order chi connectivity index (χ0) is 8.55. The average Bonchev–Trinajstić information content (AvgIpc) is 2.46. The number of hydrogen-bond donors (Lipinski definition) is 2. The van der Waals surface area contributed by atoms with Crippen molar-refractivity contribution in [2.45, 2.75) is 5.88 Å². The summed E-state index contributed by atoms with van der Waals surface area (Å²) in [6.07, 6.45) is 0. The standard InChI is InChI=1S/C8H7ClN2O/c9-4-8-10-6-2-1-5(12)3-7(6)11-8/h1-3,12H,4H2,(H,10,11). The predicted molar refractivity (Wildman–Crippen MR) is 47.3 cm³/mol. The lowest BCUT2D eigenvalue weighted by Crippen LogP contribution is -1.76. The summed E-state index contributed by atoms with van der Waals surface area (Å²) < 4.78 is 0. The molecule has 2 aromatic rings. The van der Waals surface area contributed by atoms with E-state index in [-0.39, 0.29) is 5.75 Å². The first-order valence-corrected chi connectivity index (χ1v) is 4.06. The Balaban J connectivity index is 2.67. The number of rotatable bonds is 1. The lowest BCUT2D eigenvalue weighted by atomic mass is 10.3. The van der Waals surface area contributed by atoms with Gasteiger partial charge in [-0.15, -0.1) is 11.6 Å². The summed E-state index contributed by atoms with van der Waals surface area (Å²) in [6.45, 7) is 0. The van der Waals surface area contributed by atoms with Gasteiger partial charge in [-0.05, 0) is 12.1 Å². The van der Waals surface area contributed by atoms with Crippen molar-refractivity contribution in [1.29, 1.82) is 0 Å². The van der Waals surface area contributed by atoms with E-state index in [2.05, 4.69) is 9.97 Å². The number of H-pyrrole nitrogens is 1. The largest absolute Gasteiger partial charge is 0.508 e. The van der Waals surface area contributed by atoms with Gasteiger partial charge in [0.25, 0.3) is 0 Å². The van der Waals surface area contributed by atoms with Crippen LogP contribution in [-0.2, 0) is 5.88 Å². The molecule has 1 heterocycles. The number of benzene rings is 1. The Bertz CT molecular complexity index is 410. The molecule has 2 N–H and O–H groups in total. The predicted octanol–water partition coefficient (Wildman–Crippen LogP) is 2.01. The molecule has 62 valence electrons. The summed E-state index contributed by atoms with van der Waals surface area (Å²) in [7, 11) is 0. The first-order valence-electron chi connectivity index (χ1n) is 3.53. The highest BCUT2D eigenvalue weighted by atomic mass is 35.5. The molecule has 0 atom stereocenters. The number of fused-ring (bicyclic) bond motifs is 1. The van der Waals surface area contributed by atoms with Crippen molar-refractivity contribution in [3.63, 3.8) is 0 Å². The number of phenolic OH excluding ortho intramolecular Hbond substituents is 1. The molecule has 0 aliphatic rings. The van der Waals surface area contributed by atoms with Crippen molar-refractivity contribution in [2.75, 3.05) is 0 Å². The number of nitrogens with one attached hydrogen (secondary N) is 1. The third kappa shape index (κ3) is 1.12. The van der Waals surface area contributed by atoms with Crippen LogP contribution in [0.2, 0.25) is 0 Å². The second-order valence-corrected chi connectivity index (χ2v) is 2.79. The Morgan fingerprint density at radius 3 is 3.08 bits per heavy atom. The van der Waals surface area contributed by atoms with Gasteiger partial charge in [0, 0.05) is 6.07 Å². The quantitative estimate of drug-likeness (QED) is 0.663. The van der Waals surface area contributed by atoms with Crippen molar-refractivity contribution in [3.8, 4) is 5.75 Å². The van der Waals surface area contributed by atoms with Crippen LogP contribution in [0.1, 0.15) is 5.82 Å². The number of imidazole rings is 1. The van der Waals surface area contributed by atoms with E-state index < -0.39 is 0 Å². The number of aromatic amines is 1. The Labute approximate surface area is 74.0 Å². The fourth-order valence-electron chi connectivity index (χ4n) is 1.11. The maximum absolute atomic E-state index is 9.13. The molecule has 1 aromatic heterocycles. The number of hydrogen-bond acceptors (Lipinski definition) is 2. The van der Waals surface area contributed by atoms with Gasteiger partial charge in [-0.3, -0.25) is 0 Å². The van der Waals surface area contributed by atoms with Gasteiger partial charge in [0.05, 0.1) is 16.9 Å². The summed E-state index contributed by atoms with van der Waals surface area (Å²) in [5, 5.41) is 9.13. The molecule has 0 fully saturated rings. The van der Waals surface area contributed by atoms with Gasteiger partial charge in [0.2, 0.25) is 0 Å². The van der Waals surface area contributed by atoms with Gasteiger partial charge in [-0.2, -0.15) is 0 Å². The second kappa shape index (κ2) is 2.68. The van der Waals surface area contributed by atoms with E-state index in [1.54, 1.807) is 18.2 Å². The highest BCUT2D eigenvalue weighted by molar-refractivity contribution is 6.16. The molecule has 3 nitrogen and oxygen atoms in total. The van der Waals surface area contributed by atoms with E-state index in [9.17, 15) is 0 Å². The number of alkyl halides is 1. The van der Waals surface area contributed by atoms with Crippen LogP contribution in [0, 0.1) is 0 Å². The van der Waals surface area contributed by atoms with Gasteiger partial charge >= 0.3 is 0 Å². The molecule has 0 aliphatic heterocycles. The van der Waals surface area contributed by atoms with Crippen LogP contribution in [0.15, 0.2) is 18.2 Å². The van der Waals surface area contributed by atoms with E-state index in [4.69, 9.17) is 16.7 Å². The number of halogens is 1. The third-order valence-electron chi connectivity index (χ3n) is 1.64. The minimum atomic E-state index is 0.229. The molecule has 0 saturated heterocycles. The maximum Gasteiger partial charge on any atom is 0.122 e. The van der Waals surface area contributed by atoms with Crippen LogP contribution in [0.25, 0.3) is 11.0 Å². The Morgan fingerprint density at radius 1 is 1.50 bits per heavy atom. The highest BCUT2D eigenvalue weighted by Crippen LogP contribution is 2.17. The minimum Gasteiger partial charge on any atom is -0.508 e. The molecule has 0 unspecified atom stereocenters. The van der Waals surface area contributed by atoms with E-state index in [0.29, 0.717) is 5.88 Å². The van der Waals surface area contributed by atoms with Gasteiger partial charge < -0.3 is 10.1 Å². The zero-order valence-corrected chi connectivity index (χ0v) is 6.97. The van der Waals surface area contributed by atoms with Gasteiger partial charge in [0.1, 0.15) is 11.6 Å². The number of nitrogens with zero attached hydrogens (tertiary/aromatic N) is 1. The molecule has 0 bridgehead atoms. The topological polar surface area (TPSA) is 48.9 Å². The van der Waals surface area contributed by atoms with Crippen LogP contribution in [0.3, 0.4) is 0 Å². The first-order chi connectivity index (χ1) is 5.79. The van der Waals surface area contributed by atoms with Crippen molar-refractivity contribution < 1.29 is 5.11 Å². The molecule has 0 spiro atoms. The molecule has 1 aromatic carbocycles. The Morgan fingerprint density at radius 2 is 2.33 bits per heavy atom. The summed E-state index contributed by atoms with van der Waals surface area (Å²) in [5.41, 5.74) is 1.63. The number of aromatic hydroxyl groups is 1. The molecule has 0 saturated carbocycles. The second-order valence-electron chi connectivity index (χ2n) is 2.52. The highest BCUT2D eigenvalue weighted by Gasteiger charge is 2.01. The Kier molecular flexibility index (Phi) is 1.66. The van der Waals surface area contributed by atoms with E-state index in [1.807, 2.05) is 0 Å². The van der Waals surface area contributed by atoms with Crippen molar-refractivity contribution in [1.82, 2.24) is 9.97 Å². The first kappa shape index (κ1) is 7.43. The summed E-state index contributed by atoms with van der Waals surface area (Å²) in [4.78, 5) is 7.16. The normalized spacial score (nSPS) is 10.8. The SMILES string of the molecule is Oc1ccc2nc(CCl)[nH]c2c1. The molecule has 0 radical (unpaired) electrons. The molecule has 2 rings (SSSR count). The summed E-state index contributed by atoms with van der Waals surface area (Å²) >= 11 is 5.58. The lowest BCUT2D eigenvalue weighted by Gasteiger charge is -1.88. The maximum atomic E-state index is 9.13. The fraction of sp³-hybridized carbons (Fsp3) is 0.125. The minimum absolute atomic E-state index is 0.229. The number of aromatic nitrogens is 2.